The second kappa shape index (κ2) is 17.8. The van der Waals surface area contributed by atoms with Crippen LogP contribution in [0.1, 0.15) is 66.4 Å². The molecule has 4 aromatic rings. The number of sulfonamides is 1. The molecular formula is C42H49N3O6S. The van der Waals surface area contributed by atoms with Crippen LogP contribution in [0.3, 0.4) is 0 Å². The topological polar surface area (TPSA) is 116 Å². The molecule has 274 valence electrons. The van der Waals surface area contributed by atoms with E-state index in [0.717, 1.165) is 57.5 Å². The number of piperazine rings is 1. The number of nitrogens with zero attached hydrogens (tertiary/aromatic N) is 2. The van der Waals surface area contributed by atoms with Crippen molar-refractivity contribution in [3.63, 3.8) is 0 Å². The van der Waals surface area contributed by atoms with Gasteiger partial charge in [0, 0.05) is 56.8 Å². The molecule has 10 heteroatoms. The molecule has 0 aromatic heterocycles. The van der Waals surface area contributed by atoms with Crippen LogP contribution in [0.2, 0.25) is 0 Å². The fourth-order valence-corrected chi connectivity index (χ4v) is 8.25. The molecule has 1 heterocycles. The highest BCUT2D eigenvalue weighted by Gasteiger charge is 2.24. The van der Waals surface area contributed by atoms with Gasteiger partial charge >= 0.3 is 0 Å². The highest BCUT2D eigenvalue weighted by molar-refractivity contribution is 7.90. The van der Waals surface area contributed by atoms with Crippen LogP contribution in [-0.4, -0.2) is 69.5 Å². The molecule has 1 saturated carbocycles. The third-order valence-corrected chi connectivity index (χ3v) is 11.5. The fourth-order valence-electron chi connectivity index (χ4n) is 7.23. The first-order valence-electron chi connectivity index (χ1n) is 18.4. The molecule has 0 spiro atoms. The zero-order valence-electron chi connectivity index (χ0n) is 29.7. The summed E-state index contributed by atoms with van der Waals surface area (Å²) in [7, 11) is -4.23. The normalized spacial score (nSPS) is 16.3. The van der Waals surface area contributed by atoms with Crippen LogP contribution in [0.5, 0.6) is 5.75 Å². The van der Waals surface area contributed by atoms with Crippen molar-refractivity contribution in [2.75, 3.05) is 37.7 Å². The van der Waals surface area contributed by atoms with E-state index in [4.69, 9.17) is 4.74 Å². The lowest BCUT2D eigenvalue weighted by Gasteiger charge is -2.36. The molecule has 1 aliphatic heterocycles. The highest BCUT2D eigenvalue weighted by atomic mass is 32.2. The average Bonchev–Trinajstić information content (AvgIpc) is 3.17. The van der Waals surface area contributed by atoms with Gasteiger partial charge < -0.3 is 19.5 Å². The number of carbonyl (C=O) groups is 2. The van der Waals surface area contributed by atoms with Crippen molar-refractivity contribution in [1.29, 1.82) is 0 Å². The third-order valence-electron chi connectivity index (χ3n) is 10.2. The van der Waals surface area contributed by atoms with Crippen molar-refractivity contribution >= 4 is 27.9 Å². The first-order chi connectivity index (χ1) is 25.3. The number of benzene rings is 4. The van der Waals surface area contributed by atoms with Crippen LogP contribution in [0, 0.1) is 5.92 Å². The number of nitrogens with one attached hydrogen (secondary N) is 1. The van der Waals surface area contributed by atoms with Crippen molar-refractivity contribution < 1.29 is 27.9 Å². The summed E-state index contributed by atoms with van der Waals surface area (Å²) in [4.78, 5) is 28.7. The number of hydrogen-bond acceptors (Lipinski definition) is 8. The molecular weight excluding hydrogens is 675 g/mol. The molecule has 0 bridgehead atoms. The Kier molecular flexibility index (Phi) is 12.8. The maximum Gasteiger partial charge on any atom is 0.264 e. The van der Waals surface area contributed by atoms with Crippen molar-refractivity contribution in [1.82, 2.24) is 9.62 Å². The average molecular weight is 724 g/mol. The van der Waals surface area contributed by atoms with E-state index in [1.807, 2.05) is 18.2 Å². The van der Waals surface area contributed by atoms with E-state index in [9.17, 15) is 23.1 Å². The van der Waals surface area contributed by atoms with Gasteiger partial charge in [-0.3, -0.25) is 9.69 Å². The van der Waals surface area contributed by atoms with E-state index in [1.165, 1.54) is 48.1 Å². The SMILES string of the molecule is O=CCCC(O)Cc1cc(S(=O)(=O)NC(=O)c2ccc(N3CCN(Cc4ccccc4-c4ccccc4)CC3)cc2)ccc1OCC1CCCCC1. The smallest absolute Gasteiger partial charge is 0.264 e. The summed E-state index contributed by atoms with van der Waals surface area (Å²) < 4.78 is 35.2. The van der Waals surface area contributed by atoms with E-state index in [1.54, 1.807) is 18.2 Å². The Morgan fingerprint density at radius 1 is 0.865 bits per heavy atom. The summed E-state index contributed by atoms with van der Waals surface area (Å²) >= 11 is 0. The van der Waals surface area contributed by atoms with E-state index in [2.05, 4.69) is 63.1 Å². The monoisotopic (exact) mass is 723 g/mol. The van der Waals surface area contributed by atoms with Crippen LogP contribution in [0.4, 0.5) is 5.69 Å². The largest absolute Gasteiger partial charge is 0.493 e. The molecule has 52 heavy (non-hydrogen) atoms. The molecule has 1 atom stereocenters. The molecule has 2 fully saturated rings. The lowest BCUT2D eigenvalue weighted by Crippen LogP contribution is -2.46. The van der Waals surface area contributed by atoms with Crippen LogP contribution < -0.4 is 14.4 Å². The Hall–Kier alpha value is -4.51. The lowest BCUT2D eigenvalue weighted by molar-refractivity contribution is -0.108. The molecule has 1 unspecified atom stereocenters. The number of hydrogen-bond donors (Lipinski definition) is 2. The van der Waals surface area contributed by atoms with Crippen molar-refractivity contribution in [2.45, 2.75) is 68.9 Å². The molecule has 2 N–H and O–H groups in total. The number of aliphatic hydroxyl groups is 1. The van der Waals surface area contributed by atoms with Gasteiger partial charge in [0.15, 0.2) is 0 Å². The van der Waals surface area contributed by atoms with E-state index >= 15 is 0 Å². The summed E-state index contributed by atoms with van der Waals surface area (Å²) in [6.07, 6.45) is 6.27. The Balaban J connectivity index is 1.06. The van der Waals surface area contributed by atoms with E-state index in [0.29, 0.717) is 23.8 Å². The molecule has 6 rings (SSSR count). The molecule has 1 aliphatic carbocycles. The van der Waals surface area contributed by atoms with Crippen molar-refractivity contribution in [3.05, 3.63) is 114 Å². The minimum absolute atomic E-state index is 0.0932. The second-order valence-electron chi connectivity index (χ2n) is 14.0. The van der Waals surface area contributed by atoms with Crippen LogP contribution in [0.25, 0.3) is 11.1 Å². The lowest BCUT2D eigenvalue weighted by atomic mass is 9.90. The predicted molar refractivity (Wildman–Crippen MR) is 204 cm³/mol. The van der Waals surface area contributed by atoms with Gasteiger partial charge in [-0.05, 0) is 89.9 Å². The number of aliphatic hydroxyl groups excluding tert-OH is 1. The van der Waals surface area contributed by atoms with Gasteiger partial charge in [0.2, 0.25) is 0 Å². The minimum Gasteiger partial charge on any atom is -0.493 e. The van der Waals surface area contributed by atoms with Gasteiger partial charge in [0.05, 0.1) is 17.6 Å². The molecule has 4 aromatic carbocycles. The third kappa shape index (κ3) is 9.87. The number of rotatable bonds is 15. The minimum atomic E-state index is -4.23. The number of anilines is 1. The van der Waals surface area contributed by atoms with Gasteiger partial charge in [-0.2, -0.15) is 0 Å². The van der Waals surface area contributed by atoms with Gasteiger partial charge in [0.25, 0.3) is 15.9 Å². The molecule has 2 aliphatic rings. The zero-order chi connectivity index (χ0) is 36.3. The Morgan fingerprint density at radius 2 is 1.58 bits per heavy atom. The summed E-state index contributed by atoms with van der Waals surface area (Å²) in [5.41, 5.74) is 5.51. The number of ether oxygens (including phenoxy) is 1. The van der Waals surface area contributed by atoms with Crippen LogP contribution >= 0.6 is 0 Å². The first-order valence-corrected chi connectivity index (χ1v) is 19.9. The number of amides is 1. The van der Waals surface area contributed by atoms with Gasteiger partial charge in [-0.15, -0.1) is 0 Å². The highest BCUT2D eigenvalue weighted by Crippen LogP contribution is 2.29. The van der Waals surface area contributed by atoms with Crippen molar-refractivity contribution in [3.8, 4) is 16.9 Å². The molecule has 1 amide bonds. The predicted octanol–water partition coefficient (Wildman–Crippen LogP) is 6.64. The summed E-state index contributed by atoms with van der Waals surface area (Å²) in [6, 6.07) is 30.5. The fraction of sp³-hybridized carbons (Fsp3) is 0.381. The second-order valence-corrected chi connectivity index (χ2v) is 15.6. The number of carbonyl (C=O) groups excluding carboxylic acids is 2. The van der Waals surface area contributed by atoms with Crippen LogP contribution in [0.15, 0.2) is 102 Å². The molecule has 0 radical (unpaired) electrons. The van der Waals surface area contributed by atoms with Gasteiger partial charge in [0.1, 0.15) is 12.0 Å². The summed E-state index contributed by atoms with van der Waals surface area (Å²) in [6.45, 7) is 4.84. The first kappa shape index (κ1) is 37.3. The number of aldehydes is 1. The van der Waals surface area contributed by atoms with Gasteiger partial charge in [-0.1, -0.05) is 73.9 Å². The van der Waals surface area contributed by atoms with E-state index in [-0.39, 0.29) is 29.7 Å². The molecule has 1 saturated heterocycles. The van der Waals surface area contributed by atoms with Crippen molar-refractivity contribution in [2.24, 2.45) is 5.92 Å². The quantitative estimate of drug-likeness (QED) is 0.131. The van der Waals surface area contributed by atoms with Gasteiger partial charge in [-0.25, -0.2) is 13.1 Å². The maximum absolute atomic E-state index is 13.4. The molecule has 9 nitrogen and oxygen atoms in total. The van der Waals surface area contributed by atoms with Crippen LogP contribution in [-0.2, 0) is 27.8 Å². The summed E-state index contributed by atoms with van der Waals surface area (Å²) in [5.74, 6) is 0.224. The maximum atomic E-state index is 13.4. The summed E-state index contributed by atoms with van der Waals surface area (Å²) in [5, 5.41) is 10.6. The van der Waals surface area contributed by atoms with E-state index < -0.39 is 22.0 Å². The Morgan fingerprint density at radius 3 is 2.31 bits per heavy atom. The zero-order valence-corrected chi connectivity index (χ0v) is 30.5. The Bertz CT molecular complexity index is 1890. The standard InChI is InChI=1S/C42H49N3O6S/c46-27-9-15-38(47)28-36-29-39(21-22-41(36)51-31-32-10-3-1-4-11-32)52(49,50)43-42(48)34-17-19-37(20-18-34)45-25-23-44(24-26-45)30-35-14-7-8-16-40(35)33-12-5-2-6-13-33/h2,5-8,12-14,16-22,27,29,32,38,47H,1,3-4,9-11,15,23-26,28,30-31H2,(H,43,48). The Labute approximate surface area is 307 Å².